The molecule has 0 bridgehead atoms. The van der Waals surface area contributed by atoms with Gasteiger partial charge in [-0.1, -0.05) is 24.3 Å². The van der Waals surface area contributed by atoms with Crippen LogP contribution in [0.5, 0.6) is 5.75 Å². The van der Waals surface area contributed by atoms with Gasteiger partial charge in [0.25, 0.3) is 0 Å². The van der Waals surface area contributed by atoms with Crippen LogP contribution in [0.4, 0.5) is 11.5 Å². The molecule has 0 fully saturated rings. The Morgan fingerprint density at radius 1 is 1.00 bits per heavy atom. The van der Waals surface area contributed by atoms with Gasteiger partial charge >= 0.3 is 0 Å². The van der Waals surface area contributed by atoms with Crippen molar-refractivity contribution in [3.8, 4) is 5.75 Å². The van der Waals surface area contributed by atoms with Crippen LogP contribution in [0.2, 0.25) is 0 Å². The summed E-state index contributed by atoms with van der Waals surface area (Å²) in [4.78, 5) is 4.61. The first-order chi connectivity index (χ1) is 10.7. The Labute approximate surface area is 126 Å². The summed E-state index contributed by atoms with van der Waals surface area (Å²) in [5.74, 6) is 1.50. The molecule has 2 aromatic carbocycles. The molecule has 4 aromatic rings. The number of fused-ring (bicyclic) bond motifs is 3. The van der Waals surface area contributed by atoms with E-state index in [0.29, 0.717) is 17.2 Å². The number of anilines is 2. The molecule has 0 amide bonds. The summed E-state index contributed by atoms with van der Waals surface area (Å²) in [5.41, 5.74) is 2.98. The summed E-state index contributed by atoms with van der Waals surface area (Å²) in [7, 11) is 0. The molecule has 4 rings (SSSR count). The summed E-state index contributed by atoms with van der Waals surface area (Å²) in [5, 5.41) is 21.4. The van der Waals surface area contributed by atoms with E-state index in [1.165, 1.54) is 0 Å². The maximum atomic E-state index is 9.93. The SMILES string of the molecule is Cc1nnc2c(Nc3ccccc3O)nc3ccccc3n12. The van der Waals surface area contributed by atoms with Crippen LogP contribution >= 0.6 is 0 Å². The molecule has 6 nitrogen and oxygen atoms in total. The summed E-state index contributed by atoms with van der Waals surface area (Å²) in [6.45, 7) is 1.90. The van der Waals surface area contributed by atoms with Gasteiger partial charge in [0.1, 0.15) is 11.6 Å². The zero-order valence-corrected chi connectivity index (χ0v) is 11.9. The number of phenols is 1. The maximum absolute atomic E-state index is 9.93. The third-order valence-corrected chi connectivity index (χ3v) is 3.55. The monoisotopic (exact) mass is 291 g/mol. The van der Waals surface area contributed by atoms with Crippen molar-refractivity contribution in [3.63, 3.8) is 0 Å². The molecule has 108 valence electrons. The van der Waals surface area contributed by atoms with E-state index in [2.05, 4.69) is 20.5 Å². The molecule has 0 aliphatic carbocycles. The number of aromatic hydroxyl groups is 1. The number of aromatic nitrogens is 4. The van der Waals surface area contributed by atoms with Crippen LogP contribution in [-0.4, -0.2) is 24.7 Å². The summed E-state index contributed by atoms with van der Waals surface area (Å²) in [6, 6.07) is 14.8. The smallest absolute Gasteiger partial charge is 0.204 e. The molecular weight excluding hydrogens is 278 g/mol. The van der Waals surface area contributed by atoms with E-state index in [9.17, 15) is 5.11 Å². The lowest BCUT2D eigenvalue weighted by atomic mass is 10.2. The molecule has 22 heavy (non-hydrogen) atoms. The van der Waals surface area contributed by atoms with Crippen LogP contribution < -0.4 is 5.32 Å². The van der Waals surface area contributed by atoms with E-state index in [4.69, 9.17) is 0 Å². The van der Waals surface area contributed by atoms with Gasteiger partial charge in [0.2, 0.25) is 5.65 Å². The topological polar surface area (TPSA) is 75.3 Å². The van der Waals surface area contributed by atoms with Crippen LogP contribution in [0.1, 0.15) is 5.82 Å². The molecule has 2 N–H and O–H groups in total. The number of nitrogens with zero attached hydrogens (tertiary/aromatic N) is 4. The number of aryl methyl sites for hydroxylation is 1. The van der Waals surface area contributed by atoms with Gasteiger partial charge in [-0.2, -0.15) is 0 Å². The Bertz CT molecular complexity index is 992. The van der Waals surface area contributed by atoms with Gasteiger partial charge in [-0.15, -0.1) is 10.2 Å². The fourth-order valence-corrected chi connectivity index (χ4v) is 2.51. The van der Waals surface area contributed by atoms with Crippen molar-refractivity contribution in [3.05, 3.63) is 54.4 Å². The summed E-state index contributed by atoms with van der Waals surface area (Å²) in [6.07, 6.45) is 0. The van der Waals surface area contributed by atoms with Gasteiger partial charge in [-0.3, -0.25) is 4.40 Å². The van der Waals surface area contributed by atoms with Crippen molar-refractivity contribution in [2.24, 2.45) is 0 Å². The largest absolute Gasteiger partial charge is 0.506 e. The van der Waals surface area contributed by atoms with Crippen molar-refractivity contribution in [1.29, 1.82) is 0 Å². The third-order valence-electron chi connectivity index (χ3n) is 3.55. The number of para-hydroxylation sites is 4. The lowest BCUT2D eigenvalue weighted by molar-refractivity contribution is 0.478. The number of nitrogens with one attached hydrogen (secondary N) is 1. The van der Waals surface area contributed by atoms with Crippen molar-refractivity contribution in [1.82, 2.24) is 19.6 Å². The molecule has 0 unspecified atom stereocenters. The summed E-state index contributed by atoms with van der Waals surface area (Å²) >= 11 is 0. The number of hydrogen-bond donors (Lipinski definition) is 2. The highest BCUT2D eigenvalue weighted by molar-refractivity contribution is 5.84. The second-order valence-corrected chi connectivity index (χ2v) is 5.00. The van der Waals surface area contributed by atoms with Crippen molar-refractivity contribution in [2.45, 2.75) is 6.92 Å². The minimum atomic E-state index is 0.159. The van der Waals surface area contributed by atoms with E-state index < -0.39 is 0 Å². The van der Waals surface area contributed by atoms with Gasteiger partial charge in [0.05, 0.1) is 16.7 Å². The van der Waals surface area contributed by atoms with Gasteiger partial charge in [-0.25, -0.2) is 4.98 Å². The maximum Gasteiger partial charge on any atom is 0.204 e. The van der Waals surface area contributed by atoms with Crippen LogP contribution in [0, 0.1) is 6.92 Å². The van der Waals surface area contributed by atoms with Crippen molar-refractivity contribution in [2.75, 3.05) is 5.32 Å². The molecule has 2 aromatic heterocycles. The minimum Gasteiger partial charge on any atom is -0.506 e. The Morgan fingerprint density at radius 2 is 1.77 bits per heavy atom. The quantitative estimate of drug-likeness (QED) is 0.555. The van der Waals surface area contributed by atoms with Gasteiger partial charge in [-0.05, 0) is 31.2 Å². The highest BCUT2D eigenvalue weighted by Gasteiger charge is 2.13. The number of rotatable bonds is 2. The van der Waals surface area contributed by atoms with Crippen LogP contribution in [0.15, 0.2) is 48.5 Å². The standard InChI is InChI=1S/C16H13N5O/c1-10-19-20-16-15(18-12-7-3-5-9-14(12)22)17-11-6-2-4-8-13(11)21(10)16/h2-9,22H,1H3,(H,17,18). The first-order valence-corrected chi connectivity index (χ1v) is 6.89. The Kier molecular flexibility index (Phi) is 2.69. The Morgan fingerprint density at radius 3 is 2.64 bits per heavy atom. The fraction of sp³-hybridized carbons (Fsp3) is 0.0625. The number of phenolic OH excluding ortho intramolecular Hbond substituents is 1. The van der Waals surface area contributed by atoms with Crippen molar-refractivity contribution >= 4 is 28.2 Å². The molecule has 0 spiro atoms. The zero-order valence-electron chi connectivity index (χ0n) is 11.9. The molecular formula is C16H13N5O. The second-order valence-electron chi connectivity index (χ2n) is 5.00. The Hall–Kier alpha value is -3.15. The molecule has 0 aliphatic rings. The second kappa shape index (κ2) is 4.70. The average Bonchev–Trinajstić information content (AvgIpc) is 2.92. The third kappa shape index (κ3) is 1.85. The summed E-state index contributed by atoms with van der Waals surface area (Å²) < 4.78 is 1.95. The van der Waals surface area contributed by atoms with E-state index in [0.717, 1.165) is 16.9 Å². The predicted octanol–water partition coefficient (Wildman–Crippen LogP) is 3.04. The first kappa shape index (κ1) is 12.6. The highest BCUT2D eigenvalue weighted by atomic mass is 16.3. The molecule has 2 heterocycles. The molecule has 0 aliphatic heterocycles. The fourth-order valence-electron chi connectivity index (χ4n) is 2.51. The van der Waals surface area contributed by atoms with Gasteiger partial charge in [0.15, 0.2) is 5.82 Å². The molecule has 0 saturated carbocycles. The predicted molar refractivity (Wildman–Crippen MR) is 84.4 cm³/mol. The first-order valence-electron chi connectivity index (χ1n) is 6.89. The number of benzene rings is 2. The van der Waals surface area contributed by atoms with Crippen molar-refractivity contribution < 1.29 is 5.11 Å². The van der Waals surface area contributed by atoms with Gasteiger partial charge < -0.3 is 10.4 Å². The Balaban J connectivity index is 1.98. The molecule has 0 atom stereocenters. The molecule has 0 saturated heterocycles. The normalized spacial score (nSPS) is 11.1. The van der Waals surface area contributed by atoms with Crippen LogP contribution in [-0.2, 0) is 0 Å². The van der Waals surface area contributed by atoms with E-state index in [1.54, 1.807) is 18.2 Å². The van der Waals surface area contributed by atoms with E-state index in [-0.39, 0.29) is 5.75 Å². The zero-order chi connectivity index (χ0) is 15.1. The lowest BCUT2D eigenvalue weighted by Gasteiger charge is -2.10. The molecule has 0 radical (unpaired) electrons. The average molecular weight is 291 g/mol. The van der Waals surface area contributed by atoms with Gasteiger partial charge in [0, 0.05) is 0 Å². The van der Waals surface area contributed by atoms with E-state index in [1.807, 2.05) is 41.7 Å². The van der Waals surface area contributed by atoms with E-state index >= 15 is 0 Å². The molecule has 6 heteroatoms. The highest BCUT2D eigenvalue weighted by Crippen LogP contribution is 2.28. The lowest BCUT2D eigenvalue weighted by Crippen LogP contribution is -2.01. The van der Waals surface area contributed by atoms with Crippen LogP contribution in [0.3, 0.4) is 0 Å². The minimum absolute atomic E-state index is 0.159. The van der Waals surface area contributed by atoms with Crippen LogP contribution in [0.25, 0.3) is 16.7 Å². The number of hydrogen-bond acceptors (Lipinski definition) is 5.